The topological polar surface area (TPSA) is 427 Å². The molecule has 0 fully saturated rings. The predicted octanol–water partition coefficient (Wildman–Crippen LogP) is 6.56. The van der Waals surface area contributed by atoms with Crippen LogP contribution < -0.4 is 17.2 Å². The van der Waals surface area contributed by atoms with E-state index in [9.17, 15) is 44.5 Å². The monoisotopic (exact) mass is 1020 g/mol. The fourth-order valence-electron chi connectivity index (χ4n) is 5.83. The zero-order valence-corrected chi connectivity index (χ0v) is 38.0. The molecule has 0 aliphatic rings. The molecular weight excluding hydrogens is 983 g/mol. The van der Waals surface area contributed by atoms with Gasteiger partial charge in [0, 0.05) is 22.3 Å². The molecule has 0 radical (unpaired) electrons. The lowest BCUT2D eigenvalue weighted by Gasteiger charge is -2.27. The van der Waals surface area contributed by atoms with Gasteiger partial charge >= 0.3 is 16.4 Å². The van der Waals surface area contributed by atoms with Crippen molar-refractivity contribution in [1.82, 2.24) is 0 Å². The third-order valence-corrected chi connectivity index (χ3v) is 13.0. The second-order valence-corrected chi connectivity index (χ2v) is 19.4. The number of carboxylic acid groups (broad SMARTS) is 1. The van der Waals surface area contributed by atoms with Gasteiger partial charge in [-0.1, -0.05) is 29.8 Å². The highest BCUT2D eigenvalue weighted by Crippen LogP contribution is 2.49. The second kappa shape index (κ2) is 22.1. The summed E-state index contributed by atoms with van der Waals surface area (Å²) in [7, 11) is -14.1. The number of hydrogen-bond donors (Lipinski definition) is 8. The number of aryl methyl sites for hydroxylation is 1. The number of carbonyl (C=O) groups is 1. The van der Waals surface area contributed by atoms with Gasteiger partial charge in [0.15, 0.2) is 9.84 Å². The molecule has 0 aromatic heterocycles. The molecule has 5 rings (SSSR count). The van der Waals surface area contributed by atoms with Crippen molar-refractivity contribution < 1.29 is 77.7 Å². The van der Waals surface area contributed by atoms with Gasteiger partial charge in [-0.3, -0.25) is 19.6 Å². The number of nitrogen functional groups attached to an aromatic ring is 2. The fourth-order valence-corrected chi connectivity index (χ4v) is 8.86. The fraction of sp³-hybridized carbons (Fsp3) is 0.184. The smallest absolute Gasteiger partial charge is 0.397 e. The molecule has 5 aromatic carbocycles. The van der Waals surface area contributed by atoms with Crippen molar-refractivity contribution in [2.45, 2.75) is 27.1 Å². The molecule has 1 atom stereocenters. The van der Waals surface area contributed by atoms with E-state index in [0.29, 0.717) is 16.9 Å². The van der Waals surface area contributed by atoms with E-state index in [1.807, 2.05) is 6.92 Å². The number of aromatic carboxylic acids is 1. The number of nitrogens with zero attached hydrogens (tertiary/aromatic N) is 6. The minimum atomic E-state index is -5.13. The Morgan fingerprint density at radius 2 is 1.35 bits per heavy atom. The number of fused-ring (bicyclic) bond motifs is 1. The molecule has 26 nitrogen and oxygen atoms in total. The Kier molecular flexibility index (Phi) is 17.1. The zero-order chi connectivity index (χ0) is 50.0. The summed E-state index contributed by atoms with van der Waals surface area (Å²) in [5, 5.41) is 52.6. The lowest BCUT2D eigenvalue weighted by atomic mass is 9.94. The maximum absolute atomic E-state index is 12.9. The van der Waals surface area contributed by atoms with Gasteiger partial charge < -0.3 is 26.5 Å². The highest BCUT2D eigenvalue weighted by atomic mass is 32.3. The molecule has 68 heavy (non-hydrogen) atoms. The Hall–Kier alpha value is -6.48. The first-order valence-corrected chi connectivity index (χ1v) is 23.9. The summed E-state index contributed by atoms with van der Waals surface area (Å²) in [5.74, 6) is -1.03. The second-order valence-electron chi connectivity index (χ2n) is 14.0. The summed E-state index contributed by atoms with van der Waals surface area (Å²) >= 11 is 0.696. The molecule has 0 aliphatic heterocycles. The van der Waals surface area contributed by atoms with E-state index in [-0.39, 0.29) is 32.6 Å². The number of hydrogen-bond acceptors (Lipinski definition) is 24. The first kappa shape index (κ1) is 52.5. The van der Waals surface area contributed by atoms with Crippen LogP contribution in [0.15, 0.2) is 130 Å². The molecule has 0 saturated heterocycles. The zero-order valence-electron chi connectivity index (χ0n) is 34.7. The van der Waals surface area contributed by atoms with Gasteiger partial charge in [0.25, 0.3) is 10.1 Å². The molecule has 0 heterocycles. The minimum Gasteiger partial charge on any atom is -0.478 e. The van der Waals surface area contributed by atoms with E-state index < -0.39 is 119 Å². The Bertz CT molecular complexity index is 3210. The van der Waals surface area contributed by atoms with Crippen LogP contribution in [0.3, 0.4) is 0 Å². The normalized spacial score (nSPS) is 13.4. The molecule has 0 saturated carbocycles. The Morgan fingerprint density at radius 3 is 1.90 bits per heavy atom. The van der Waals surface area contributed by atoms with Crippen LogP contribution in [0.4, 0.5) is 45.5 Å². The molecule has 30 heteroatoms. The largest absolute Gasteiger partial charge is 0.478 e. The summed E-state index contributed by atoms with van der Waals surface area (Å²) in [4.78, 5) is 31.6. The third kappa shape index (κ3) is 13.1. The predicted molar refractivity (Wildman–Crippen MR) is 241 cm³/mol. The summed E-state index contributed by atoms with van der Waals surface area (Å²) in [6.45, 7) is -0.895. The van der Waals surface area contributed by atoms with Gasteiger partial charge in [0.2, 0.25) is 0 Å². The van der Waals surface area contributed by atoms with Crippen molar-refractivity contribution in [1.29, 1.82) is 0 Å². The molecule has 5 aromatic rings. The maximum Gasteiger partial charge on any atom is 0.397 e. The number of benzene rings is 5. The van der Waals surface area contributed by atoms with E-state index in [4.69, 9.17) is 36.5 Å². The van der Waals surface area contributed by atoms with Crippen LogP contribution in [0, 0.1) is 6.92 Å². The summed E-state index contributed by atoms with van der Waals surface area (Å²) in [5.41, 5.74) is 14.0. The molecule has 360 valence electrons. The van der Waals surface area contributed by atoms with Crippen LogP contribution >= 0.6 is 12.0 Å². The van der Waals surface area contributed by atoms with Gasteiger partial charge in [0.1, 0.15) is 57.9 Å². The van der Waals surface area contributed by atoms with Crippen molar-refractivity contribution in [3.63, 3.8) is 0 Å². The summed E-state index contributed by atoms with van der Waals surface area (Å²) in [6, 6.07) is 17.7. The number of nitrogens with two attached hydrogens (primary N) is 3. The van der Waals surface area contributed by atoms with Crippen molar-refractivity contribution in [3.05, 3.63) is 95.6 Å². The van der Waals surface area contributed by atoms with E-state index >= 15 is 0 Å². The molecule has 0 bridgehead atoms. The number of azo groups is 3. The molecule has 1 unspecified atom stereocenters. The standard InChI is InChI=1S/C38H37N9O17S4/c1-21-2-5-24(6-3-21)42-45-33-30(37(49)50)34(32(40)35(31(33)39)47-43-25-7-10-27(11-8-25)66(53,54)15-14-64-68(58,59)60)46-44-29-13-4-22-16-26(9-12-28(22)36(29)67(55,56)57)65-63-20-38(41,19-62-52)23(17-48)18-61-51/h2-13,16,51-52H,14-15,18-20,39-41H2,1H3,(H,49,50)(H,55,56,57)(H,58,59,60)/b45-42?,46-44?,47-43-. The maximum atomic E-state index is 12.9. The van der Waals surface area contributed by atoms with Gasteiger partial charge in [-0.2, -0.15) is 27.1 Å². The number of carboxylic acids is 1. The molecule has 0 aliphatic carbocycles. The van der Waals surface area contributed by atoms with E-state index in [2.05, 4.69) is 44.6 Å². The lowest BCUT2D eigenvalue weighted by Crippen LogP contribution is -2.51. The van der Waals surface area contributed by atoms with Crippen LogP contribution in [0.1, 0.15) is 15.9 Å². The third-order valence-electron chi connectivity index (χ3n) is 9.22. The highest BCUT2D eigenvalue weighted by Gasteiger charge is 2.34. The molecule has 0 amide bonds. The van der Waals surface area contributed by atoms with Crippen LogP contribution in [-0.2, 0) is 53.3 Å². The SMILES string of the molecule is Cc1ccc(N=Nc2c(N)c(/N=N\c3ccc(S(=O)(=O)CCOS(=O)(=O)O)cc3)c(N)c(N=Nc3ccc4cc(SOCC(N)(COO)C(=C=O)COO)ccc4c3S(=O)(=O)O)c2C(=O)O)cc1. The average molecular weight is 1020 g/mol. The number of carbonyl (C=O) groups excluding carboxylic acids is 1. The average Bonchev–Trinajstić information content (AvgIpc) is 3.26. The Labute approximate surface area is 389 Å². The van der Waals surface area contributed by atoms with Gasteiger partial charge in [0.05, 0.1) is 52.2 Å². The van der Waals surface area contributed by atoms with Crippen LogP contribution in [-0.4, -0.2) is 99.6 Å². The van der Waals surface area contributed by atoms with Crippen molar-refractivity contribution >= 4 is 111 Å². The van der Waals surface area contributed by atoms with E-state index in [0.717, 1.165) is 23.8 Å². The van der Waals surface area contributed by atoms with Crippen LogP contribution in [0.5, 0.6) is 0 Å². The Morgan fingerprint density at radius 1 is 0.765 bits per heavy atom. The van der Waals surface area contributed by atoms with Gasteiger partial charge in [-0.25, -0.2) is 32.0 Å². The van der Waals surface area contributed by atoms with E-state index in [1.54, 1.807) is 24.3 Å². The highest BCUT2D eigenvalue weighted by molar-refractivity contribution is 7.94. The summed E-state index contributed by atoms with van der Waals surface area (Å²) < 4.78 is 102. The summed E-state index contributed by atoms with van der Waals surface area (Å²) in [6.07, 6.45) is 0. The number of rotatable bonds is 22. The van der Waals surface area contributed by atoms with Gasteiger partial charge in [-0.15, -0.1) is 20.5 Å². The minimum absolute atomic E-state index is 0.00605. The number of sulfone groups is 1. The van der Waals surface area contributed by atoms with Crippen LogP contribution in [0.2, 0.25) is 0 Å². The van der Waals surface area contributed by atoms with Crippen LogP contribution in [0.25, 0.3) is 10.8 Å². The molecular formula is C38H37N9O17S4. The van der Waals surface area contributed by atoms with Gasteiger partial charge in [-0.05, 0) is 66.9 Å². The molecule has 11 N–H and O–H groups in total. The quantitative estimate of drug-likeness (QED) is 0.00692. The lowest BCUT2D eigenvalue weighted by molar-refractivity contribution is -0.257. The number of anilines is 2. The molecule has 0 spiro atoms. The van der Waals surface area contributed by atoms with Crippen molar-refractivity contribution in [2.24, 2.45) is 36.4 Å². The first-order valence-electron chi connectivity index (χ1n) is 18.7. The Balaban J connectivity index is 1.57. The van der Waals surface area contributed by atoms with E-state index in [1.165, 1.54) is 42.3 Å². The van der Waals surface area contributed by atoms with Crippen molar-refractivity contribution in [3.8, 4) is 0 Å². The van der Waals surface area contributed by atoms with Crippen molar-refractivity contribution in [2.75, 3.05) is 43.6 Å². The first-order chi connectivity index (χ1) is 32.0.